The van der Waals surface area contributed by atoms with Gasteiger partial charge in [-0.1, -0.05) is 77.7 Å². The number of carbonyl (C=O) groups excluding carboxylic acids is 2. The van der Waals surface area contributed by atoms with Crippen LogP contribution >= 0.6 is 0 Å². The lowest BCUT2D eigenvalue weighted by molar-refractivity contribution is -0.143. The second kappa shape index (κ2) is 21.4. The number of hydrogen-bond acceptors (Lipinski definition) is 4. The largest absolute Gasteiger partial charge is 0.461 e. The smallest absolute Gasteiger partial charge is 0.306 e. The van der Waals surface area contributed by atoms with Crippen molar-refractivity contribution in [3.05, 3.63) is 25.3 Å². The van der Waals surface area contributed by atoms with E-state index in [4.69, 9.17) is 9.47 Å². The molecule has 0 fully saturated rings. The van der Waals surface area contributed by atoms with Crippen LogP contribution in [0.15, 0.2) is 25.3 Å². The predicted octanol–water partition coefficient (Wildman–Crippen LogP) is 5.37. The van der Waals surface area contributed by atoms with Crippen LogP contribution < -0.4 is 0 Å². The normalized spacial score (nSPS) is 9.42. The summed E-state index contributed by atoms with van der Waals surface area (Å²) in [5.74, 6) is -0.211. The summed E-state index contributed by atoms with van der Waals surface area (Å²) in [5.41, 5.74) is 0. The van der Waals surface area contributed by atoms with Crippen LogP contribution in [0.4, 0.5) is 0 Å². The summed E-state index contributed by atoms with van der Waals surface area (Å²) in [6, 6.07) is 0. The van der Waals surface area contributed by atoms with E-state index in [2.05, 4.69) is 27.0 Å². The minimum Gasteiger partial charge on any atom is -0.461 e. The van der Waals surface area contributed by atoms with Gasteiger partial charge in [-0.25, -0.2) is 0 Å². The standard InChI is InChI=1S/2C10H18O2/c2*1-3-5-6-7-8-10(11)12-9-4-2/h2*4H,2-3,5-9H2,1H3. The molecule has 0 aliphatic rings. The van der Waals surface area contributed by atoms with E-state index in [0.717, 1.165) is 25.7 Å². The lowest BCUT2D eigenvalue weighted by Crippen LogP contribution is -2.03. The van der Waals surface area contributed by atoms with Crippen LogP contribution in [0.2, 0.25) is 0 Å². The highest BCUT2D eigenvalue weighted by molar-refractivity contribution is 5.69. The van der Waals surface area contributed by atoms with Gasteiger partial charge in [0.15, 0.2) is 0 Å². The summed E-state index contributed by atoms with van der Waals surface area (Å²) < 4.78 is 9.63. The zero-order chi connectivity index (χ0) is 18.5. The number of rotatable bonds is 14. The zero-order valence-corrected chi connectivity index (χ0v) is 15.7. The van der Waals surface area contributed by atoms with Gasteiger partial charge in [-0.05, 0) is 12.8 Å². The molecule has 0 radical (unpaired) electrons. The molecule has 0 saturated carbocycles. The number of carbonyl (C=O) groups is 2. The molecule has 0 heterocycles. The summed E-state index contributed by atoms with van der Waals surface area (Å²) in [5, 5.41) is 0. The fraction of sp³-hybridized carbons (Fsp3) is 0.700. The van der Waals surface area contributed by atoms with Crippen molar-refractivity contribution >= 4 is 11.9 Å². The highest BCUT2D eigenvalue weighted by atomic mass is 16.5. The van der Waals surface area contributed by atoms with Gasteiger partial charge in [-0.15, -0.1) is 0 Å². The molecule has 4 heteroatoms. The lowest BCUT2D eigenvalue weighted by Gasteiger charge is -2.00. The summed E-state index contributed by atoms with van der Waals surface area (Å²) >= 11 is 0. The van der Waals surface area contributed by atoms with Crippen LogP contribution in [-0.2, 0) is 19.1 Å². The van der Waals surface area contributed by atoms with Crippen molar-refractivity contribution in [1.82, 2.24) is 0 Å². The van der Waals surface area contributed by atoms with Gasteiger partial charge in [0.25, 0.3) is 0 Å². The van der Waals surface area contributed by atoms with Crippen molar-refractivity contribution in [1.29, 1.82) is 0 Å². The molecule has 0 amide bonds. The molecular weight excluding hydrogens is 304 g/mol. The Hall–Kier alpha value is -1.58. The third kappa shape index (κ3) is 22.7. The van der Waals surface area contributed by atoms with E-state index in [1.54, 1.807) is 12.2 Å². The molecule has 0 spiro atoms. The first-order valence-electron chi connectivity index (χ1n) is 9.15. The fourth-order valence-corrected chi connectivity index (χ4v) is 1.84. The topological polar surface area (TPSA) is 52.6 Å². The maximum Gasteiger partial charge on any atom is 0.306 e. The van der Waals surface area contributed by atoms with Gasteiger partial charge in [0.2, 0.25) is 0 Å². The number of ether oxygens (including phenoxy) is 2. The molecule has 0 rings (SSSR count). The monoisotopic (exact) mass is 340 g/mol. The van der Waals surface area contributed by atoms with E-state index in [9.17, 15) is 9.59 Å². The molecule has 0 N–H and O–H groups in total. The third-order valence-corrected chi connectivity index (χ3v) is 3.19. The third-order valence-electron chi connectivity index (χ3n) is 3.19. The molecule has 0 aromatic rings. The average Bonchev–Trinajstić information content (AvgIpc) is 2.59. The van der Waals surface area contributed by atoms with Crippen LogP contribution in [0.1, 0.15) is 78.1 Å². The van der Waals surface area contributed by atoms with Crippen molar-refractivity contribution in [2.75, 3.05) is 13.2 Å². The molecule has 0 aliphatic carbocycles. The molecule has 140 valence electrons. The fourth-order valence-electron chi connectivity index (χ4n) is 1.84. The quantitative estimate of drug-likeness (QED) is 0.242. The van der Waals surface area contributed by atoms with Crippen molar-refractivity contribution in [2.24, 2.45) is 0 Å². The first-order chi connectivity index (χ1) is 11.6. The summed E-state index contributed by atoms with van der Waals surface area (Å²) in [6.07, 6.45) is 13.2. The molecule has 0 aromatic carbocycles. The highest BCUT2D eigenvalue weighted by Gasteiger charge is 2.00. The van der Waals surface area contributed by atoms with Crippen LogP contribution in [0.25, 0.3) is 0 Å². The Kier molecular flexibility index (Phi) is 22.0. The van der Waals surface area contributed by atoms with E-state index < -0.39 is 0 Å². The van der Waals surface area contributed by atoms with Gasteiger partial charge in [-0.2, -0.15) is 0 Å². The Morgan fingerprint density at radius 3 is 1.38 bits per heavy atom. The van der Waals surface area contributed by atoms with Gasteiger partial charge in [0, 0.05) is 12.8 Å². The molecule has 0 unspecified atom stereocenters. The number of hydrogen-bond donors (Lipinski definition) is 0. The van der Waals surface area contributed by atoms with E-state index in [1.807, 2.05) is 0 Å². The van der Waals surface area contributed by atoms with E-state index >= 15 is 0 Å². The van der Waals surface area contributed by atoms with Crippen LogP contribution in [0.3, 0.4) is 0 Å². The van der Waals surface area contributed by atoms with Crippen LogP contribution in [0.5, 0.6) is 0 Å². The Morgan fingerprint density at radius 2 is 1.08 bits per heavy atom. The van der Waals surface area contributed by atoms with Crippen LogP contribution in [-0.4, -0.2) is 25.2 Å². The minimum atomic E-state index is -0.106. The Morgan fingerprint density at radius 1 is 0.708 bits per heavy atom. The van der Waals surface area contributed by atoms with Gasteiger partial charge >= 0.3 is 11.9 Å². The van der Waals surface area contributed by atoms with Gasteiger partial charge in [0.1, 0.15) is 13.2 Å². The molecule has 0 bridgehead atoms. The minimum absolute atomic E-state index is 0.106. The lowest BCUT2D eigenvalue weighted by atomic mass is 10.2. The van der Waals surface area contributed by atoms with Gasteiger partial charge in [-0.3, -0.25) is 9.59 Å². The molecule has 0 atom stereocenters. The van der Waals surface area contributed by atoms with Crippen molar-refractivity contribution in [3.8, 4) is 0 Å². The van der Waals surface area contributed by atoms with E-state index in [1.165, 1.54) is 25.7 Å². The zero-order valence-electron chi connectivity index (χ0n) is 15.7. The first-order valence-corrected chi connectivity index (χ1v) is 9.15. The van der Waals surface area contributed by atoms with E-state index in [0.29, 0.717) is 26.1 Å². The molecule has 0 saturated heterocycles. The van der Waals surface area contributed by atoms with Crippen LogP contribution in [0, 0.1) is 0 Å². The van der Waals surface area contributed by atoms with Gasteiger partial charge < -0.3 is 9.47 Å². The Labute approximate surface area is 148 Å². The molecular formula is C20H36O4. The molecule has 0 aromatic heterocycles. The maximum atomic E-state index is 10.9. The van der Waals surface area contributed by atoms with Crippen molar-refractivity contribution < 1.29 is 19.1 Å². The second-order valence-corrected chi connectivity index (χ2v) is 5.56. The summed E-state index contributed by atoms with van der Waals surface area (Å²) in [6.45, 7) is 11.9. The Balaban J connectivity index is 0. The van der Waals surface area contributed by atoms with Gasteiger partial charge in [0.05, 0.1) is 0 Å². The summed E-state index contributed by atoms with van der Waals surface area (Å²) in [4.78, 5) is 21.8. The Bertz CT molecular complexity index is 292. The predicted molar refractivity (Wildman–Crippen MR) is 99.8 cm³/mol. The summed E-state index contributed by atoms with van der Waals surface area (Å²) in [7, 11) is 0. The molecule has 4 nitrogen and oxygen atoms in total. The molecule has 24 heavy (non-hydrogen) atoms. The van der Waals surface area contributed by atoms with Crippen molar-refractivity contribution in [2.45, 2.75) is 78.1 Å². The van der Waals surface area contributed by atoms with E-state index in [-0.39, 0.29) is 11.9 Å². The highest BCUT2D eigenvalue weighted by Crippen LogP contribution is 2.03. The second-order valence-electron chi connectivity index (χ2n) is 5.56. The number of unbranched alkanes of at least 4 members (excludes halogenated alkanes) is 6. The van der Waals surface area contributed by atoms with Crippen molar-refractivity contribution in [3.63, 3.8) is 0 Å². The first kappa shape index (κ1) is 24.7. The number of esters is 2. The SMILES string of the molecule is C=CCOC(=O)CCCCCC.C=CCOC(=O)CCCCCC. The maximum absolute atomic E-state index is 10.9. The molecule has 0 aliphatic heterocycles. The average molecular weight is 341 g/mol.